The maximum absolute atomic E-state index is 12.9. The lowest BCUT2D eigenvalue weighted by molar-refractivity contribution is 0.219. The maximum atomic E-state index is 12.9. The molecule has 26 heavy (non-hydrogen) atoms. The third-order valence-electron chi connectivity index (χ3n) is 5.05. The predicted octanol–water partition coefficient (Wildman–Crippen LogP) is 0.854. The largest absolute Gasteiger partial charge is 0.395 e. The highest BCUT2D eigenvalue weighted by Gasteiger charge is 2.30. The summed E-state index contributed by atoms with van der Waals surface area (Å²) in [5.74, 6) is 0.732. The molecule has 1 unspecified atom stereocenters. The number of aryl methyl sites for hydroxylation is 1. The average Bonchev–Trinajstić information content (AvgIpc) is 3.27. The van der Waals surface area contributed by atoms with Gasteiger partial charge in [0.15, 0.2) is 0 Å². The van der Waals surface area contributed by atoms with Crippen LogP contribution in [0.1, 0.15) is 30.4 Å². The third kappa shape index (κ3) is 2.91. The van der Waals surface area contributed by atoms with E-state index in [4.69, 9.17) is 4.98 Å². The summed E-state index contributed by atoms with van der Waals surface area (Å²) in [6.07, 6.45) is 3.74. The zero-order chi connectivity index (χ0) is 18.1. The standard InChI is InChI=1S/C18H22N6O2/c1-22-13(11-19-21-22)12-23-8-4-7-16(23)17-20-15-6-3-2-5-14(15)18(26)24(17)9-10-25/h2-3,5-6,11,16,25H,4,7-10,12H2,1H3. The van der Waals surface area contributed by atoms with Gasteiger partial charge in [0.1, 0.15) is 5.82 Å². The monoisotopic (exact) mass is 354 g/mol. The van der Waals surface area contributed by atoms with Gasteiger partial charge in [-0.1, -0.05) is 17.3 Å². The second-order valence-corrected chi connectivity index (χ2v) is 6.65. The molecule has 4 rings (SSSR count). The van der Waals surface area contributed by atoms with Gasteiger partial charge in [0.05, 0.1) is 42.0 Å². The Balaban J connectivity index is 1.77. The number of aliphatic hydroxyl groups is 1. The lowest BCUT2D eigenvalue weighted by Gasteiger charge is -2.26. The smallest absolute Gasteiger partial charge is 0.261 e. The van der Waals surface area contributed by atoms with E-state index in [2.05, 4.69) is 15.2 Å². The van der Waals surface area contributed by atoms with E-state index in [-0.39, 0.29) is 24.8 Å². The Bertz CT molecular complexity index is 979. The van der Waals surface area contributed by atoms with Gasteiger partial charge in [0.25, 0.3) is 5.56 Å². The minimum atomic E-state index is -0.0920. The first-order valence-corrected chi connectivity index (χ1v) is 8.87. The zero-order valence-corrected chi connectivity index (χ0v) is 14.7. The highest BCUT2D eigenvalue weighted by atomic mass is 16.3. The molecule has 1 aliphatic heterocycles. The number of aliphatic hydroxyl groups excluding tert-OH is 1. The summed E-state index contributed by atoms with van der Waals surface area (Å²) in [5.41, 5.74) is 1.64. The van der Waals surface area contributed by atoms with Gasteiger partial charge in [0.2, 0.25) is 0 Å². The molecule has 3 aromatic rings. The maximum Gasteiger partial charge on any atom is 0.261 e. The van der Waals surface area contributed by atoms with Gasteiger partial charge in [-0.3, -0.25) is 18.9 Å². The van der Waals surface area contributed by atoms with E-state index >= 15 is 0 Å². The van der Waals surface area contributed by atoms with Crippen LogP contribution in [0.25, 0.3) is 10.9 Å². The number of fused-ring (bicyclic) bond motifs is 1. The first-order valence-electron chi connectivity index (χ1n) is 8.87. The average molecular weight is 354 g/mol. The summed E-state index contributed by atoms with van der Waals surface area (Å²) in [4.78, 5) is 20.1. The first-order chi connectivity index (χ1) is 12.7. The van der Waals surface area contributed by atoms with Gasteiger partial charge in [-0.05, 0) is 31.5 Å². The first kappa shape index (κ1) is 16.9. The number of likely N-dealkylation sites (tertiary alicyclic amines) is 1. The molecule has 8 heteroatoms. The van der Waals surface area contributed by atoms with E-state index in [0.717, 1.165) is 30.9 Å². The minimum Gasteiger partial charge on any atom is -0.395 e. The van der Waals surface area contributed by atoms with E-state index in [9.17, 15) is 9.90 Å². The van der Waals surface area contributed by atoms with Crippen LogP contribution < -0.4 is 5.56 Å². The predicted molar refractivity (Wildman–Crippen MR) is 96.5 cm³/mol. The van der Waals surface area contributed by atoms with Crippen LogP contribution in [-0.2, 0) is 20.1 Å². The fourth-order valence-corrected chi connectivity index (χ4v) is 3.73. The van der Waals surface area contributed by atoms with Crippen molar-refractivity contribution in [1.29, 1.82) is 0 Å². The number of para-hydroxylation sites is 1. The van der Waals surface area contributed by atoms with Gasteiger partial charge in [0, 0.05) is 13.6 Å². The van der Waals surface area contributed by atoms with Crippen molar-refractivity contribution in [1.82, 2.24) is 29.4 Å². The second-order valence-electron chi connectivity index (χ2n) is 6.65. The van der Waals surface area contributed by atoms with Crippen molar-refractivity contribution in [3.63, 3.8) is 0 Å². The number of benzene rings is 1. The molecule has 1 atom stereocenters. The molecule has 1 N–H and O–H groups in total. The topological polar surface area (TPSA) is 89.1 Å². The Kier molecular flexibility index (Phi) is 4.52. The van der Waals surface area contributed by atoms with E-state index in [0.29, 0.717) is 17.4 Å². The van der Waals surface area contributed by atoms with Crippen LogP contribution >= 0.6 is 0 Å². The van der Waals surface area contributed by atoms with E-state index in [1.54, 1.807) is 21.5 Å². The van der Waals surface area contributed by atoms with Crippen molar-refractivity contribution in [2.75, 3.05) is 13.2 Å². The van der Waals surface area contributed by atoms with Gasteiger partial charge in [-0.2, -0.15) is 0 Å². The molecule has 1 aliphatic rings. The molecule has 1 aromatic carbocycles. The summed E-state index contributed by atoms with van der Waals surface area (Å²) in [5, 5.41) is 18.0. The number of hydrogen-bond acceptors (Lipinski definition) is 6. The van der Waals surface area contributed by atoms with E-state index < -0.39 is 0 Å². The molecule has 0 spiro atoms. The van der Waals surface area contributed by atoms with Crippen molar-refractivity contribution >= 4 is 10.9 Å². The molecule has 0 aliphatic carbocycles. The third-order valence-corrected chi connectivity index (χ3v) is 5.05. The van der Waals surface area contributed by atoms with Gasteiger partial charge < -0.3 is 5.11 Å². The number of nitrogens with zero attached hydrogens (tertiary/aromatic N) is 6. The quantitative estimate of drug-likeness (QED) is 0.731. The van der Waals surface area contributed by atoms with Gasteiger partial charge >= 0.3 is 0 Å². The normalized spacial score (nSPS) is 18.0. The zero-order valence-electron chi connectivity index (χ0n) is 14.7. The van der Waals surface area contributed by atoms with Crippen molar-refractivity contribution < 1.29 is 5.11 Å². The summed E-state index contributed by atoms with van der Waals surface area (Å²) in [6, 6.07) is 7.42. The highest BCUT2D eigenvalue weighted by molar-refractivity contribution is 5.77. The SMILES string of the molecule is Cn1nncc1CN1CCCC1c1nc2ccccc2c(=O)n1CCO. The molecule has 0 radical (unpaired) electrons. The highest BCUT2D eigenvalue weighted by Crippen LogP contribution is 2.32. The van der Waals surface area contributed by atoms with Crippen LogP contribution in [0.15, 0.2) is 35.3 Å². The van der Waals surface area contributed by atoms with Crippen LogP contribution in [0.5, 0.6) is 0 Å². The van der Waals surface area contributed by atoms with Crippen LogP contribution in [-0.4, -0.2) is 47.7 Å². The van der Waals surface area contributed by atoms with Crippen molar-refractivity contribution in [2.45, 2.75) is 32.0 Å². The van der Waals surface area contributed by atoms with Crippen LogP contribution in [0.4, 0.5) is 0 Å². The molecule has 3 heterocycles. The molecule has 1 saturated heterocycles. The Labute approximate surface area is 150 Å². The summed E-state index contributed by atoms with van der Waals surface area (Å²) in [7, 11) is 1.88. The van der Waals surface area contributed by atoms with Crippen molar-refractivity contribution in [2.24, 2.45) is 7.05 Å². The molecule has 8 nitrogen and oxygen atoms in total. The lowest BCUT2D eigenvalue weighted by Crippen LogP contribution is -2.33. The van der Waals surface area contributed by atoms with Crippen LogP contribution in [0, 0.1) is 0 Å². The van der Waals surface area contributed by atoms with Crippen LogP contribution in [0.2, 0.25) is 0 Å². The lowest BCUT2D eigenvalue weighted by atomic mass is 10.1. The molecule has 0 amide bonds. The fraction of sp³-hybridized carbons (Fsp3) is 0.444. The molecular weight excluding hydrogens is 332 g/mol. The molecule has 0 saturated carbocycles. The number of aromatic nitrogens is 5. The summed E-state index contributed by atoms with van der Waals surface area (Å²) in [6.45, 7) is 1.79. The summed E-state index contributed by atoms with van der Waals surface area (Å²) >= 11 is 0. The second kappa shape index (κ2) is 6.97. The van der Waals surface area contributed by atoms with Crippen molar-refractivity contribution in [3.8, 4) is 0 Å². The Hall–Kier alpha value is -2.58. The molecule has 136 valence electrons. The molecule has 1 fully saturated rings. The Morgan fingerprint density at radius 1 is 1.31 bits per heavy atom. The Morgan fingerprint density at radius 2 is 2.15 bits per heavy atom. The fourth-order valence-electron chi connectivity index (χ4n) is 3.73. The van der Waals surface area contributed by atoms with E-state index in [1.807, 2.05) is 25.2 Å². The number of hydrogen-bond donors (Lipinski definition) is 1. The Morgan fingerprint density at radius 3 is 2.92 bits per heavy atom. The van der Waals surface area contributed by atoms with Gasteiger partial charge in [-0.15, -0.1) is 5.10 Å². The minimum absolute atomic E-state index is 0.0359. The van der Waals surface area contributed by atoms with E-state index in [1.165, 1.54) is 0 Å². The molecule has 0 bridgehead atoms. The van der Waals surface area contributed by atoms with Crippen LogP contribution in [0.3, 0.4) is 0 Å². The summed E-state index contributed by atoms with van der Waals surface area (Å²) < 4.78 is 3.40. The van der Waals surface area contributed by atoms with Gasteiger partial charge in [-0.25, -0.2) is 4.98 Å². The molecular formula is C18H22N6O2. The van der Waals surface area contributed by atoms with Crippen molar-refractivity contribution in [3.05, 3.63) is 52.3 Å². The molecule has 2 aromatic heterocycles. The number of rotatable bonds is 5.